The zero-order chi connectivity index (χ0) is 17.9. The molecule has 2 amide bonds. The van der Waals surface area contributed by atoms with Gasteiger partial charge in [-0.25, -0.2) is 8.78 Å². The fourth-order valence-electron chi connectivity index (χ4n) is 2.71. The van der Waals surface area contributed by atoms with Crippen LogP contribution in [-0.4, -0.2) is 18.4 Å². The minimum atomic E-state index is -0.773. The number of hydrogen-bond donors (Lipinski definition) is 1. The van der Waals surface area contributed by atoms with E-state index in [4.69, 9.17) is 5.73 Å². The molecule has 6 heteroatoms. The van der Waals surface area contributed by atoms with Crippen molar-refractivity contribution in [2.75, 3.05) is 11.4 Å². The highest BCUT2D eigenvalue weighted by Crippen LogP contribution is 2.41. The van der Waals surface area contributed by atoms with Crippen molar-refractivity contribution in [2.45, 2.75) is 19.8 Å². The number of amides is 2. The highest BCUT2D eigenvalue weighted by atomic mass is 19.1. The van der Waals surface area contributed by atoms with Crippen LogP contribution < -0.4 is 10.6 Å². The minimum absolute atomic E-state index is 0.283. The summed E-state index contributed by atoms with van der Waals surface area (Å²) in [5.74, 6) is -2.73. The van der Waals surface area contributed by atoms with E-state index >= 15 is 0 Å². The van der Waals surface area contributed by atoms with E-state index < -0.39 is 23.5 Å². The SMILES string of the molecule is CC.NC(=O)CN1C(=O)C(c2ccc(F)cc2)c2cc(F)ccc21. The van der Waals surface area contributed by atoms with Crippen molar-refractivity contribution < 1.29 is 18.4 Å². The third-order valence-corrected chi connectivity index (χ3v) is 3.62. The third kappa shape index (κ3) is 3.27. The van der Waals surface area contributed by atoms with Crippen molar-refractivity contribution in [3.63, 3.8) is 0 Å². The Labute approximate surface area is 138 Å². The fraction of sp³-hybridized carbons (Fsp3) is 0.222. The summed E-state index contributed by atoms with van der Waals surface area (Å²) in [7, 11) is 0. The molecular weight excluding hydrogens is 314 g/mol. The average Bonchev–Trinajstić information content (AvgIpc) is 2.81. The molecule has 4 nitrogen and oxygen atoms in total. The lowest BCUT2D eigenvalue weighted by Gasteiger charge is -2.16. The Morgan fingerprint density at radius 2 is 1.67 bits per heavy atom. The van der Waals surface area contributed by atoms with E-state index in [-0.39, 0.29) is 12.5 Å². The van der Waals surface area contributed by atoms with Crippen LogP contribution in [0.2, 0.25) is 0 Å². The molecule has 0 spiro atoms. The lowest BCUT2D eigenvalue weighted by molar-refractivity contribution is -0.122. The maximum Gasteiger partial charge on any atom is 0.239 e. The van der Waals surface area contributed by atoms with Crippen molar-refractivity contribution in [3.8, 4) is 0 Å². The fourth-order valence-corrected chi connectivity index (χ4v) is 2.71. The van der Waals surface area contributed by atoms with Gasteiger partial charge in [-0.2, -0.15) is 0 Å². The number of nitrogens with two attached hydrogens (primary N) is 1. The summed E-state index contributed by atoms with van der Waals surface area (Å²) in [6, 6.07) is 9.32. The quantitative estimate of drug-likeness (QED) is 0.939. The summed E-state index contributed by atoms with van der Waals surface area (Å²) in [5, 5.41) is 0. The predicted molar refractivity (Wildman–Crippen MR) is 87.5 cm³/mol. The lowest BCUT2D eigenvalue weighted by Crippen LogP contribution is -2.37. The summed E-state index contributed by atoms with van der Waals surface area (Å²) in [6.45, 7) is 3.72. The molecule has 0 radical (unpaired) electrons. The number of fused-ring (bicyclic) bond motifs is 1. The molecule has 3 rings (SSSR count). The molecule has 0 saturated carbocycles. The molecule has 1 aliphatic rings. The van der Waals surface area contributed by atoms with Gasteiger partial charge in [-0.05, 0) is 41.5 Å². The molecule has 2 aromatic rings. The van der Waals surface area contributed by atoms with Crippen molar-refractivity contribution in [3.05, 3.63) is 65.2 Å². The van der Waals surface area contributed by atoms with Gasteiger partial charge in [-0.1, -0.05) is 26.0 Å². The van der Waals surface area contributed by atoms with Gasteiger partial charge in [0.05, 0.1) is 5.92 Å². The third-order valence-electron chi connectivity index (χ3n) is 3.62. The molecule has 1 heterocycles. The molecule has 24 heavy (non-hydrogen) atoms. The first-order valence-electron chi connectivity index (χ1n) is 7.62. The summed E-state index contributed by atoms with van der Waals surface area (Å²) >= 11 is 0. The van der Waals surface area contributed by atoms with Crippen LogP contribution in [0.25, 0.3) is 0 Å². The number of rotatable bonds is 3. The van der Waals surface area contributed by atoms with E-state index in [0.717, 1.165) is 0 Å². The maximum atomic E-state index is 13.6. The van der Waals surface area contributed by atoms with Gasteiger partial charge in [-0.15, -0.1) is 0 Å². The van der Waals surface area contributed by atoms with E-state index in [0.29, 0.717) is 16.8 Å². The number of carbonyl (C=O) groups excluding carboxylic acids is 2. The van der Waals surface area contributed by atoms with Gasteiger partial charge in [0.15, 0.2) is 0 Å². The molecule has 1 atom stereocenters. The van der Waals surface area contributed by atoms with Crippen LogP contribution in [0.1, 0.15) is 30.9 Å². The molecule has 2 N–H and O–H groups in total. The first-order chi connectivity index (χ1) is 11.5. The number of nitrogens with zero attached hydrogens (tertiary/aromatic N) is 1. The normalized spacial score (nSPS) is 15.6. The molecule has 2 aromatic carbocycles. The molecule has 0 bridgehead atoms. The Morgan fingerprint density at radius 1 is 1.08 bits per heavy atom. The first-order valence-corrected chi connectivity index (χ1v) is 7.62. The summed E-state index contributed by atoms with van der Waals surface area (Å²) in [4.78, 5) is 25.0. The largest absolute Gasteiger partial charge is 0.368 e. The van der Waals surface area contributed by atoms with Crippen molar-refractivity contribution in [2.24, 2.45) is 5.73 Å². The summed E-state index contributed by atoms with van der Waals surface area (Å²) < 4.78 is 26.6. The van der Waals surface area contributed by atoms with Gasteiger partial charge in [0.1, 0.15) is 18.2 Å². The van der Waals surface area contributed by atoms with E-state index in [1.807, 2.05) is 13.8 Å². The highest BCUT2D eigenvalue weighted by Gasteiger charge is 2.39. The highest BCUT2D eigenvalue weighted by molar-refractivity contribution is 6.09. The zero-order valence-corrected chi connectivity index (χ0v) is 13.4. The number of anilines is 1. The maximum absolute atomic E-state index is 13.6. The average molecular weight is 332 g/mol. The molecule has 0 aliphatic carbocycles. The van der Waals surface area contributed by atoms with Gasteiger partial charge in [0.2, 0.25) is 11.8 Å². The van der Waals surface area contributed by atoms with E-state index in [9.17, 15) is 18.4 Å². The van der Waals surface area contributed by atoms with E-state index in [1.165, 1.54) is 47.4 Å². The van der Waals surface area contributed by atoms with Crippen LogP contribution in [0.15, 0.2) is 42.5 Å². The summed E-state index contributed by atoms with van der Waals surface area (Å²) in [6.07, 6.45) is 0. The molecular formula is C18H18F2N2O2. The van der Waals surface area contributed by atoms with Crippen LogP contribution in [0, 0.1) is 11.6 Å². The second kappa shape index (κ2) is 7.21. The van der Waals surface area contributed by atoms with Crippen LogP contribution in [0.3, 0.4) is 0 Å². The Hall–Kier alpha value is -2.76. The molecule has 0 saturated heterocycles. The van der Waals surface area contributed by atoms with E-state index in [1.54, 1.807) is 0 Å². The second-order valence-electron chi connectivity index (χ2n) is 5.08. The van der Waals surface area contributed by atoms with Crippen LogP contribution >= 0.6 is 0 Å². The smallest absolute Gasteiger partial charge is 0.239 e. The van der Waals surface area contributed by atoms with Gasteiger partial charge >= 0.3 is 0 Å². The van der Waals surface area contributed by atoms with Gasteiger partial charge in [-0.3, -0.25) is 9.59 Å². The monoisotopic (exact) mass is 332 g/mol. The standard InChI is InChI=1S/C16H12F2N2O2.C2H6/c17-10-3-1-9(2-4-10)15-12-7-11(18)5-6-13(12)20(16(15)22)8-14(19)21;1-2/h1-7,15H,8H2,(H2,19,21);1-2H3. The molecule has 0 fully saturated rings. The molecule has 1 unspecified atom stereocenters. The first kappa shape index (κ1) is 17.6. The number of primary amides is 1. The van der Waals surface area contributed by atoms with Crippen molar-refractivity contribution >= 4 is 17.5 Å². The van der Waals surface area contributed by atoms with Gasteiger partial charge in [0, 0.05) is 5.69 Å². The Balaban J connectivity index is 0.00000100. The van der Waals surface area contributed by atoms with Crippen LogP contribution in [0.5, 0.6) is 0 Å². The lowest BCUT2D eigenvalue weighted by atomic mass is 9.92. The number of halogens is 2. The van der Waals surface area contributed by atoms with Gasteiger partial charge in [0.25, 0.3) is 0 Å². The summed E-state index contributed by atoms with van der Waals surface area (Å²) in [5.41, 5.74) is 6.59. The molecule has 0 aromatic heterocycles. The Bertz CT molecular complexity index is 760. The number of hydrogen-bond acceptors (Lipinski definition) is 2. The molecule has 1 aliphatic heterocycles. The minimum Gasteiger partial charge on any atom is -0.368 e. The zero-order valence-electron chi connectivity index (χ0n) is 13.4. The van der Waals surface area contributed by atoms with Crippen molar-refractivity contribution in [1.82, 2.24) is 0 Å². The molecule has 126 valence electrons. The Kier molecular flexibility index (Phi) is 5.28. The number of benzene rings is 2. The second-order valence-corrected chi connectivity index (χ2v) is 5.08. The Morgan fingerprint density at radius 3 is 2.25 bits per heavy atom. The predicted octanol–water partition coefficient (Wildman–Crippen LogP) is 2.95. The van der Waals surface area contributed by atoms with Crippen LogP contribution in [0.4, 0.5) is 14.5 Å². The number of carbonyl (C=O) groups is 2. The topological polar surface area (TPSA) is 63.4 Å². The van der Waals surface area contributed by atoms with Crippen LogP contribution in [-0.2, 0) is 9.59 Å². The van der Waals surface area contributed by atoms with Gasteiger partial charge < -0.3 is 10.6 Å². The van der Waals surface area contributed by atoms with E-state index in [2.05, 4.69) is 0 Å². The van der Waals surface area contributed by atoms with Crippen molar-refractivity contribution in [1.29, 1.82) is 0 Å².